The molecule has 156 valence electrons. The molecular weight excluding hydrogens is 390 g/mol. The van der Waals surface area contributed by atoms with Crippen LogP contribution in [0.25, 0.3) is 10.8 Å². The average Bonchev–Trinajstić information content (AvgIpc) is 3.07. The van der Waals surface area contributed by atoms with E-state index in [9.17, 15) is 14.7 Å². The second-order valence-electron chi connectivity index (χ2n) is 7.54. The molecule has 31 heavy (non-hydrogen) atoms. The molecule has 0 saturated heterocycles. The van der Waals surface area contributed by atoms with Crippen LogP contribution in [0.15, 0.2) is 72.8 Å². The smallest absolute Gasteiger partial charge is 0.342 e. The van der Waals surface area contributed by atoms with E-state index in [0.29, 0.717) is 17.5 Å². The summed E-state index contributed by atoms with van der Waals surface area (Å²) in [5.74, 6) is -1.15. The molecule has 0 aliphatic carbocycles. The Morgan fingerprint density at radius 2 is 1.61 bits per heavy atom. The Hall–Kier alpha value is -3.86. The number of phenolic OH excluding ortho intramolecular Hbond substituents is 1. The molecule has 1 aromatic heterocycles. The first kappa shape index (κ1) is 20.4. The van der Waals surface area contributed by atoms with Gasteiger partial charge in [-0.3, -0.25) is 4.79 Å². The van der Waals surface area contributed by atoms with Crippen LogP contribution in [0.1, 0.15) is 37.7 Å². The fraction of sp³-hybridized carbons (Fsp3) is 0.154. The highest BCUT2D eigenvalue weighted by molar-refractivity contribution is 6.03. The normalized spacial score (nSPS) is 10.9. The van der Waals surface area contributed by atoms with E-state index < -0.39 is 5.97 Å². The molecule has 0 unspecified atom stereocenters. The average molecular weight is 413 g/mol. The SMILES string of the molecule is Cc1cc(C(=O)COC(=O)c2ccc3ccccc3c2O)c(C)n1Cc1ccccc1. The van der Waals surface area contributed by atoms with Gasteiger partial charge in [-0.1, -0.05) is 60.7 Å². The van der Waals surface area contributed by atoms with Crippen molar-refractivity contribution in [2.75, 3.05) is 6.61 Å². The van der Waals surface area contributed by atoms with Crippen molar-refractivity contribution in [3.05, 3.63) is 101 Å². The maximum absolute atomic E-state index is 12.8. The van der Waals surface area contributed by atoms with Gasteiger partial charge in [-0.25, -0.2) is 4.79 Å². The van der Waals surface area contributed by atoms with Crippen molar-refractivity contribution in [3.63, 3.8) is 0 Å². The molecule has 0 fully saturated rings. The van der Waals surface area contributed by atoms with Crippen LogP contribution < -0.4 is 0 Å². The van der Waals surface area contributed by atoms with Gasteiger partial charge in [0.1, 0.15) is 11.3 Å². The Morgan fingerprint density at radius 1 is 0.903 bits per heavy atom. The number of benzene rings is 3. The van der Waals surface area contributed by atoms with Gasteiger partial charge in [0.25, 0.3) is 0 Å². The van der Waals surface area contributed by atoms with Gasteiger partial charge in [-0.2, -0.15) is 0 Å². The third-order valence-corrected chi connectivity index (χ3v) is 5.51. The number of hydrogen-bond acceptors (Lipinski definition) is 4. The van der Waals surface area contributed by atoms with Crippen molar-refractivity contribution in [3.8, 4) is 5.75 Å². The van der Waals surface area contributed by atoms with E-state index in [0.717, 1.165) is 22.3 Å². The molecule has 1 heterocycles. The number of rotatable bonds is 6. The third kappa shape index (κ3) is 4.08. The van der Waals surface area contributed by atoms with Gasteiger partial charge in [0, 0.05) is 28.9 Å². The van der Waals surface area contributed by atoms with Crippen LogP contribution in [0.5, 0.6) is 5.75 Å². The minimum atomic E-state index is -0.727. The first-order valence-electron chi connectivity index (χ1n) is 10.1. The zero-order chi connectivity index (χ0) is 22.0. The Kier molecular flexibility index (Phi) is 5.58. The van der Waals surface area contributed by atoms with Gasteiger partial charge in [-0.15, -0.1) is 0 Å². The lowest BCUT2D eigenvalue weighted by molar-refractivity contribution is 0.0472. The summed E-state index contributed by atoms with van der Waals surface area (Å²) in [6.07, 6.45) is 0. The first-order chi connectivity index (χ1) is 15.0. The lowest BCUT2D eigenvalue weighted by atomic mass is 10.1. The van der Waals surface area contributed by atoms with Gasteiger partial charge in [0.05, 0.1) is 0 Å². The van der Waals surface area contributed by atoms with Crippen molar-refractivity contribution >= 4 is 22.5 Å². The zero-order valence-corrected chi connectivity index (χ0v) is 17.5. The molecule has 4 rings (SSSR count). The summed E-state index contributed by atoms with van der Waals surface area (Å²) < 4.78 is 7.31. The highest BCUT2D eigenvalue weighted by Gasteiger charge is 2.20. The molecule has 4 aromatic rings. The number of ketones is 1. The number of phenols is 1. The summed E-state index contributed by atoms with van der Waals surface area (Å²) in [7, 11) is 0. The Bertz CT molecular complexity index is 1270. The molecule has 0 spiro atoms. The number of nitrogens with zero attached hydrogens (tertiary/aromatic N) is 1. The summed E-state index contributed by atoms with van der Waals surface area (Å²) in [6.45, 7) is 4.11. The Morgan fingerprint density at radius 3 is 2.39 bits per heavy atom. The number of Topliss-reactive ketones (excluding diaryl/α,β-unsaturated/α-hetero) is 1. The number of carbonyl (C=O) groups excluding carboxylic acids is 2. The number of hydrogen-bond donors (Lipinski definition) is 1. The molecule has 0 atom stereocenters. The first-order valence-corrected chi connectivity index (χ1v) is 10.1. The van der Waals surface area contributed by atoms with Crippen molar-refractivity contribution < 1.29 is 19.4 Å². The number of ether oxygens (including phenoxy) is 1. The standard InChI is InChI=1S/C26H23NO4/c1-17-14-23(18(2)27(17)15-19-8-4-3-5-9-19)24(28)16-31-26(30)22-13-12-20-10-6-7-11-21(20)25(22)29/h3-14,29H,15-16H2,1-2H3. The number of fused-ring (bicyclic) bond motifs is 1. The molecule has 3 aromatic carbocycles. The monoisotopic (exact) mass is 413 g/mol. The summed E-state index contributed by atoms with van der Waals surface area (Å²) in [5, 5.41) is 11.8. The summed E-state index contributed by atoms with van der Waals surface area (Å²) in [4.78, 5) is 25.3. The number of aromatic hydroxyl groups is 1. The third-order valence-electron chi connectivity index (χ3n) is 5.51. The summed E-state index contributed by atoms with van der Waals surface area (Å²) in [5.41, 5.74) is 3.51. The van der Waals surface area contributed by atoms with Gasteiger partial charge in [0.15, 0.2) is 6.61 Å². The largest absolute Gasteiger partial charge is 0.506 e. The number of esters is 1. The van der Waals surface area contributed by atoms with Crippen molar-refractivity contribution in [2.45, 2.75) is 20.4 Å². The topological polar surface area (TPSA) is 68.5 Å². The number of aromatic nitrogens is 1. The van der Waals surface area contributed by atoms with Crippen LogP contribution >= 0.6 is 0 Å². The molecule has 0 aliphatic heterocycles. The van der Waals surface area contributed by atoms with Gasteiger partial charge in [0.2, 0.25) is 5.78 Å². The quantitative estimate of drug-likeness (QED) is 0.355. The van der Waals surface area contributed by atoms with Gasteiger partial charge >= 0.3 is 5.97 Å². The minimum Gasteiger partial charge on any atom is -0.506 e. The van der Waals surface area contributed by atoms with E-state index in [-0.39, 0.29) is 23.7 Å². The van der Waals surface area contributed by atoms with E-state index in [4.69, 9.17) is 4.74 Å². The molecule has 0 radical (unpaired) electrons. The second-order valence-corrected chi connectivity index (χ2v) is 7.54. The van der Waals surface area contributed by atoms with Crippen LogP contribution in [0.4, 0.5) is 0 Å². The zero-order valence-electron chi connectivity index (χ0n) is 17.5. The molecule has 1 N–H and O–H groups in total. The van der Waals surface area contributed by atoms with Crippen LogP contribution in [-0.4, -0.2) is 28.0 Å². The van der Waals surface area contributed by atoms with E-state index in [1.54, 1.807) is 18.2 Å². The molecule has 0 saturated carbocycles. The predicted molar refractivity (Wildman–Crippen MR) is 120 cm³/mol. The van der Waals surface area contributed by atoms with E-state index in [2.05, 4.69) is 4.57 Å². The molecule has 5 nitrogen and oxygen atoms in total. The lowest BCUT2D eigenvalue weighted by Gasteiger charge is -2.10. The number of aryl methyl sites for hydroxylation is 1. The van der Waals surface area contributed by atoms with Crippen molar-refractivity contribution in [1.82, 2.24) is 4.57 Å². The van der Waals surface area contributed by atoms with E-state index in [1.807, 2.05) is 62.4 Å². The van der Waals surface area contributed by atoms with Crippen LogP contribution in [0, 0.1) is 13.8 Å². The highest BCUT2D eigenvalue weighted by atomic mass is 16.5. The van der Waals surface area contributed by atoms with Crippen molar-refractivity contribution in [2.24, 2.45) is 0 Å². The molecular formula is C26H23NO4. The fourth-order valence-corrected chi connectivity index (χ4v) is 3.80. The summed E-state index contributed by atoms with van der Waals surface area (Å²) in [6, 6.07) is 22.3. The van der Waals surface area contributed by atoms with E-state index in [1.165, 1.54) is 6.07 Å². The fourth-order valence-electron chi connectivity index (χ4n) is 3.80. The van der Waals surface area contributed by atoms with Crippen LogP contribution in [0.2, 0.25) is 0 Å². The lowest BCUT2D eigenvalue weighted by Crippen LogP contribution is -2.15. The molecule has 0 amide bonds. The predicted octanol–water partition coefficient (Wildman–Crippen LogP) is 5.05. The maximum atomic E-state index is 12.8. The maximum Gasteiger partial charge on any atom is 0.342 e. The highest BCUT2D eigenvalue weighted by Crippen LogP contribution is 2.29. The molecule has 5 heteroatoms. The van der Waals surface area contributed by atoms with Gasteiger partial charge in [-0.05, 0) is 36.9 Å². The van der Waals surface area contributed by atoms with E-state index >= 15 is 0 Å². The summed E-state index contributed by atoms with van der Waals surface area (Å²) >= 11 is 0. The minimum absolute atomic E-state index is 0.0426. The van der Waals surface area contributed by atoms with Crippen LogP contribution in [-0.2, 0) is 11.3 Å². The van der Waals surface area contributed by atoms with Gasteiger partial charge < -0.3 is 14.4 Å². The second kappa shape index (κ2) is 8.48. The molecule has 0 aliphatic rings. The van der Waals surface area contributed by atoms with Crippen molar-refractivity contribution in [1.29, 1.82) is 0 Å². The Balaban J connectivity index is 1.48. The molecule has 0 bridgehead atoms. The Labute approximate surface area is 180 Å². The number of carbonyl (C=O) groups is 2. The van der Waals surface area contributed by atoms with Crippen LogP contribution in [0.3, 0.4) is 0 Å².